The number of aliphatic hydroxyl groups excluding tert-OH is 1. The van der Waals surface area contributed by atoms with Crippen molar-refractivity contribution in [3.63, 3.8) is 0 Å². The van der Waals surface area contributed by atoms with E-state index in [4.69, 9.17) is 9.47 Å². The maximum Gasteiger partial charge on any atom is 0.191 e. The van der Waals surface area contributed by atoms with E-state index in [2.05, 4.69) is 15.6 Å². The van der Waals surface area contributed by atoms with Gasteiger partial charge < -0.3 is 25.2 Å². The van der Waals surface area contributed by atoms with Crippen molar-refractivity contribution in [3.05, 3.63) is 29.6 Å². The zero-order valence-corrected chi connectivity index (χ0v) is 17.5. The molecule has 0 spiro atoms. The van der Waals surface area contributed by atoms with Crippen LogP contribution >= 0.6 is 0 Å². The van der Waals surface area contributed by atoms with Gasteiger partial charge in [-0.3, -0.25) is 4.99 Å². The lowest BCUT2D eigenvalue weighted by atomic mass is 10.1. The number of ether oxygens (including phenoxy) is 2. The van der Waals surface area contributed by atoms with Crippen LogP contribution in [0.3, 0.4) is 0 Å². The summed E-state index contributed by atoms with van der Waals surface area (Å²) in [5, 5.41) is 16.5. The second-order valence-corrected chi connectivity index (χ2v) is 8.16. The van der Waals surface area contributed by atoms with Gasteiger partial charge in [0.25, 0.3) is 0 Å². The number of benzene rings is 1. The van der Waals surface area contributed by atoms with Gasteiger partial charge in [0.2, 0.25) is 0 Å². The summed E-state index contributed by atoms with van der Waals surface area (Å²) in [5.41, 5.74) is 0.806. The molecule has 0 bridgehead atoms. The highest BCUT2D eigenvalue weighted by Gasteiger charge is 2.23. The lowest BCUT2D eigenvalue weighted by Crippen LogP contribution is -2.39. The highest BCUT2D eigenvalue weighted by Crippen LogP contribution is 2.31. The molecule has 7 heteroatoms. The first-order chi connectivity index (χ1) is 14.0. The lowest BCUT2D eigenvalue weighted by Gasteiger charge is -2.19. The third-order valence-corrected chi connectivity index (χ3v) is 5.15. The van der Waals surface area contributed by atoms with Gasteiger partial charge >= 0.3 is 0 Å². The van der Waals surface area contributed by atoms with Crippen LogP contribution in [0.25, 0.3) is 0 Å². The van der Waals surface area contributed by atoms with E-state index in [1.54, 1.807) is 6.07 Å². The van der Waals surface area contributed by atoms with Crippen LogP contribution < -0.4 is 15.4 Å². The minimum Gasteiger partial charge on any atom is -0.490 e. The van der Waals surface area contributed by atoms with Crippen LogP contribution in [0.4, 0.5) is 4.39 Å². The van der Waals surface area contributed by atoms with Crippen molar-refractivity contribution in [2.75, 3.05) is 32.9 Å². The minimum atomic E-state index is -0.639. The zero-order valence-electron chi connectivity index (χ0n) is 17.5. The summed E-state index contributed by atoms with van der Waals surface area (Å²) in [6.07, 6.45) is 4.17. The summed E-state index contributed by atoms with van der Waals surface area (Å²) in [6.45, 7) is 6.47. The fraction of sp³-hybridized carbons (Fsp3) is 0.682. The molecule has 2 saturated carbocycles. The van der Waals surface area contributed by atoms with E-state index in [1.165, 1.54) is 31.7 Å². The Morgan fingerprint density at radius 3 is 2.62 bits per heavy atom. The van der Waals surface area contributed by atoms with Crippen molar-refractivity contribution in [2.24, 2.45) is 16.8 Å². The Kier molecular flexibility index (Phi) is 8.12. The number of nitrogens with one attached hydrogen (secondary N) is 2. The first-order valence-corrected chi connectivity index (χ1v) is 10.8. The van der Waals surface area contributed by atoms with E-state index in [1.807, 2.05) is 19.9 Å². The Balaban J connectivity index is 1.49. The Bertz CT molecular complexity index is 677. The van der Waals surface area contributed by atoms with Gasteiger partial charge in [-0.25, -0.2) is 4.39 Å². The highest BCUT2D eigenvalue weighted by molar-refractivity contribution is 5.80. The molecule has 3 N–H and O–H groups in total. The maximum atomic E-state index is 14.4. The van der Waals surface area contributed by atoms with Gasteiger partial charge in [-0.05, 0) is 69.1 Å². The van der Waals surface area contributed by atoms with Crippen molar-refractivity contribution in [2.45, 2.75) is 51.7 Å². The first kappa shape index (κ1) is 21.8. The quantitative estimate of drug-likeness (QED) is 0.367. The van der Waals surface area contributed by atoms with Gasteiger partial charge in [0.05, 0.1) is 31.9 Å². The second kappa shape index (κ2) is 10.8. The first-order valence-electron chi connectivity index (χ1n) is 10.8. The van der Waals surface area contributed by atoms with Crippen LogP contribution in [0.15, 0.2) is 23.2 Å². The topological polar surface area (TPSA) is 75.1 Å². The molecule has 6 nitrogen and oxygen atoms in total. The molecule has 3 rings (SSSR count). The average Bonchev–Trinajstić information content (AvgIpc) is 3.60. The van der Waals surface area contributed by atoms with Crippen LogP contribution in [0.2, 0.25) is 0 Å². The van der Waals surface area contributed by atoms with Gasteiger partial charge in [0.15, 0.2) is 17.5 Å². The number of hydrogen-bond donors (Lipinski definition) is 3. The third-order valence-electron chi connectivity index (χ3n) is 5.15. The van der Waals surface area contributed by atoms with Gasteiger partial charge in [-0.1, -0.05) is 6.07 Å². The highest BCUT2D eigenvalue weighted by atomic mass is 19.1. The molecule has 2 aliphatic rings. The molecule has 2 aliphatic carbocycles. The number of nitrogens with zero attached hydrogens (tertiary/aromatic N) is 1. The molecule has 0 saturated heterocycles. The second-order valence-electron chi connectivity index (χ2n) is 8.16. The van der Waals surface area contributed by atoms with Crippen LogP contribution in [0.5, 0.6) is 5.75 Å². The Labute approximate surface area is 172 Å². The molecule has 0 heterocycles. The summed E-state index contributed by atoms with van der Waals surface area (Å²) in [5.74, 6) is 1.81. The zero-order chi connectivity index (χ0) is 20.6. The van der Waals surface area contributed by atoms with Crippen LogP contribution in [-0.2, 0) is 4.74 Å². The Hall–Kier alpha value is -1.86. The van der Waals surface area contributed by atoms with Gasteiger partial charge in [0, 0.05) is 13.2 Å². The molecule has 1 aromatic carbocycles. The predicted molar refractivity (Wildman–Crippen MR) is 112 cm³/mol. The minimum absolute atomic E-state index is 0.150. The molecule has 2 unspecified atom stereocenters. The normalized spacial score (nSPS) is 19.0. The number of rotatable bonds is 12. The summed E-state index contributed by atoms with van der Waals surface area (Å²) in [4.78, 5) is 4.43. The monoisotopic (exact) mass is 407 g/mol. The third kappa shape index (κ3) is 7.82. The van der Waals surface area contributed by atoms with E-state index in [0.29, 0.717) is 43.3 Å². The molecule has 1 aromatic rings. The van der Waals surface area contributed by atoms with Crippen LogP contribution in [0, 0.1) is 17.7 Å². The van der Waals surface area contributed by atoms with Crippen molar-refractivity contribution >= 4 is 5.96 Å². The van der Waals surface area contributed by atoms with Crippen molar-refractivity contribution in [1.29, 1.82) is 0 Å². The summed E-state index contributed by atoms with van der Waals surface area (Å²) in [7, 11) is 0. The number of hydrogen-bond acceptors (Lipinski definition) is 4. The molecule has 2 atom stereocenters. The summed E-state index contributed by atoms with van der Waals surface area (Å²) < 4.78 is 25.4. The fourth-order valence-corrected chi connectivity index (χ4v) is 2.91. The largest absolute Gasteiger partial charge is 0.490 e. The summed E-state index contributed by atoms with van der Waals surface area (Å²) >= 11 is 0. The SMILES string of the molecule is CCNC(=NCC(O)COCC1CC1)NC(C)c1ccc(OCC2CC2)c(F)c1. The Morgan fingerprint density at radius 2 is 1.97 bits per heavy atom. The molecule has 0 amide bonds. The van der Waals surface area contributed by atoms with E-state index in [0.717, 1.165) is 12.2 Å². The van der Waals surface area contributed by atoms with Gasteiger partial charge in [-0.2, -0.15) is 0 Å². The number of aliphatic hydroxyl groups is 1. The maximum absolute atomic E-state index is 14.4. The molecular weight excluding hydrogens is 373 g/mol. The molecule has 0 aliphatic heterocycles. The summed E-state index contributed by atoms with van der Waals surface area (Å²) in [6, 6.07) is 4.91. The van der Waals surface area contributed by atoms with Gasteiger partial charge in [-0.15, -0.1) is 0 Å². The molecule has 29 heavy (non-hydrogen) atoms. The van der Waals surface area contributed by atoms with E-state index < -0.39 is 6.10 Å². The van der Waals surface area contributed by atoms with Crippen molar-refractivity contribution in [1.82, 2.24) is 10.6 Å². The molecule has 0 aromatic heterocycles. The standard InChI is InChI=1S/C22H34FN3O3/c1-3-24-22(25-11-19(27)14-28-12-16-4-5-16)26-15(2)18-8-9-21(20(23)10-18)29-13-17-6-7-17/h8-10,15-17,19,27H,3-7,11-14H2,1-2H3,(H2,24,25,26). The molecule has 2 fully saturated rings. The number of aliphatic imine (C=N–C) groups is 1. The van der Waals surface area contributed by atoms with E-state index in [-0.39, 0.29) is 18.4 Å². The van der Waals surface area contributed by atoms with E-state index in [9.17, 15) is 9.50 Å². The van der Waals surface area contributed by atoms with Crippen molar-refractivity contribution in [3.8, 4) is 5.75 Å². The smallest absolute Gasteiger partial charge is 0.191 e. The van der Waals surface area contributed by atoms with Crippen LogP contribution in [0.1, 0.15) is 51.1 Å². The van der Waals surface area contributed by atoms with E-state index >= 15 is 0 Å². The van der Waals surface area contributed by atoms with Crippen molar-refractivity contribution < 1.29 is 19.0 Å². The fourth-order valence-electron chi connectivity index (χ4n) is 2.91. The number of guanidine groups is 1. The average molecular weight is 408 g/mol. The molecule has 0 radical (unpaired) electrons. The Morgan fingerprint density at radius 1 is 1.24 bits per heavy atom. The molecular formula is C22H34FN3O3. The lowest BCUT2D eigenvalue weighted by molar-refractivity contribution is 0.0368. The molecule has 162 valence electrons. The predicted octanol–water partition coefficient (Wildman–Crippen LogP) is 3.02. The number of halogens is 1. The van der Waals surface area contributed by atoms with Crippen LogP contribution in [-0.4, -0.2) is 50.1 Å². The van der Waals surface area contributed by atoms with Gasteiger partial charge in [0.1, 0.15) is 0 Å².